The van der Waals surface area contributed by atoms with Gasteiger partial charge in [-0.2, -0.15) is 0 Å². The Morgan fingerprint density at radius 1 is 0.231 bits per heavy atom. The second-order valence-electron chi connectivity index (χ2n) is 44.3. The molecule has 0 saturated carbocycles. The molecule has 6 unspecified atom stereocenters. The Morgan fingerprint density at radius 2 is 0.350 bits per heavy atom. The maximum atomic E-state index is 11.4. The number of aliphatic hydroxyl groups is 9. The number of hydrogen-bond acceptors (Lipinski definition) is 12. The van der Waals surface area contributed by atoms with Crippen LogP contribution in [0.1, 0.15) is 359 Å². The van der Waals surface area contributed by atoms with Crippen molar-refractivity contribution < 1.29 is 75.7 Å². The number of aliphatic carboxylic acids is 3. The zero-order chi connectivity index (χ0) is 88.9. The largest absolute Gasteiger partial charge is 0.481 e. The van der Waals surface area contributed by atoms with E-state index in [0.717, 1.165) is 215 Å². The maximum Gasteiger partial charge on any atom is 0.309 e. The van der Waals surface area contributed by atoms with Crippen LogP contribution in [0.2, 0.25) is 0 Å². The van der Waals surface area contributed by atoms with Gasteiger partial charge in [0.05, 0.1) is 52.9 Å². The van der Waals surface area contributed by atoms with Crippen LogP contribution in [-0.2, 0) is 14.4 Å². The van der Waals surface area contributed by atoms with Crippen molar-refractivity contribution in [2.24, 2.45) is 65.0 Å². The van der Waals surface area contributed by atoms with E-state index in [9.17, 15) is 75.7 Å². The van der Waals surface area contributed by atoms with Crippen LogP contribution >= 0.6 is 0 Å². The molecular formula is C102H168O15. The first-order valence-corrected chi connectivity index (χ1v) is 44.8. The van der Waals surface area contributed by atoms with Crippen LogP contribution in [0.25, 0.3) is 0 Å². The van der Waals surface area contributed by atoms with Crippen molar-refractivity contribution in [1.82, 2.24) is 0 Å². The lowest BCUT2D eigenvalue weighted by Crippen LogP contribution is -2.26. The van der Waals surface area contributed by atoms with Crippen LogP contribution in [-0.4, -0.2) is 136 Å². The smallest absolute Gasteiger partial charge is 0.309 e. The van der Waals surface area contributed by atoms with Gasteiger partial charge >= 0.3 is 17.9 Å². The summed E-state index contributed by atoms with van der Waals surface area (Å²) in [6, 6.07) is 0. The summed E-state index contributed by atoms with van der Waals surface area (Å²) in [5.41, 5.74) is 9.26. The Kier molecular flexibility index (Phi) is 39.0. The van der Waals surface area contributed by atoms with E-state index in [1.165, 1.54) is 0 Å². The molecule has 15 heteroatoms. The standard InChI is InChI=1S/C34H54O6.C34H56O5.C34H58O4/c1-31(2)19-23(13-9-11-17-33(5,6)29(37)38)27(35)25(21-31)15-16-26-22-32(3,4)20-24(28(26)36)14-10-12-18-34(7,8)30(39)40;1-31(2,23-35)17-11-9-13-24-19-32(3,4)21-26(28(24)36)15-16-27-22-33(5,6)20-25(29(27)37)14-10-12-18-34(7,8)30(38)39;1-31(2,23-35)17-11-9-13-25-19-33(5,6)21-27(29(25)37)15-16-28-22-34(7,8)20-26(30(28)38)14-10-12-18-32(3,4)24-36/h19-22,27-28,35-36H,9-18H2,1-8H3,(H,37,38)(H,39,40);19-22,28-29,35-37H,9-18,23H2,1-8H3,(H,38,39);19-22,29-30,35-38H,9-18,23-24H2,1-8H3. The molecule has 0 saturated heterocycles. The number of hydrogen-bond donors (Lipinski definition) is 12. The third-order valence-corrected chi connectivity index (χ3v) is 25.3. The van der Waals surface area contributed by atoms with Gasteiger partial charge in [-0.05, 0) is 279 Å². The highest BCUT2D eigenvalue weighted by Gasteiger charge is 2.37. The third kappa shape index (κ3) is 35.4. The molecular weight excluding hydrogens is 1470 g/mol. The van der Waals surface area contributed by atoms with Crippen LogP contribution in [0.4, 0.5) is 0 Å². The highest BCUT2D eigenvalue weighted by molar-refractivity contribution is 5.74. The molecule has 0 spiro atoms. The lowest BCUT2D eigenvalue weighted by atomic mass is 9.75. The van der Waals surface area contributed by atoms with Crippen molar-refractivity contribution in [1.29, 1.82) is 0 Å². The minimum Gasteiger partial charge on any atom is -0.481 e. The SMILES string of the molecule is CC1(C)C=C(CCCCC(C)(C)C(=O)O)C(O)C(CCC2=CC(C)(C)C=C(CCCCC(C)(C)C(=O)O)C2O)=C1.CC1(C)C=C(CCCCC(C)(C)CO)C(O)C(CCC2=CC(C)(C)C=C(CCCCC(C)(C)C(=O)O)C2O)=C1.CC1(C)C=C(CCCCC(C)(C)CO)C(O)C(CCC2=CC(C)(C)C=C(CCCCC(C)(C)CO)C2O)=C1. The maximum absolute atomic E-state index is 11.4. The van der Waals surface area contributed by atoms with Gasteiger partial charge in [0, 0.05) is 52.3 Å². The van der Waals surface area contributed by atoms with Crippen LogP contribution < -0.4 is 0 Å². The lowest BCUT2D eigenvalue weighted by molar-refractivity contribution is -0.148. The van der Waals surface area contributed by atoms with Gasteiger partial charge < -0.3 is 61.3 Å². The quantitative estimate of drug-likeness (QED) is 0.0199. The van der Waals surface area contributed by atoms with Gasteiger partial charge in [0.25, 0.3) is 0 Å². The summed E-state index contributed by atoms with van der Waals surface area (Å²) in [5.74, 6) is -2.33. The van der Waals surface area contributed by atoms with Crippen molar-refractivity contribution in [3.8, 4) is 0 Å². The Hall–Kier alpha value is -5.07. The summed E-state index contributed by atoms with van der Waals surface area (Å²) >= 11 is 0. The molecule has 0 heterocycles. The second kappa shape index (κ2) is 43.8. The molecule has 0 aliphatic heterocycles. The fraction of sp³-hybridized carbons (Fsp3) is 0.735. The minimum atomic E-state index is -0.779. The van der Waals surface area contributed by atoms with E-state index >= 15 is 0 Å². The first kappa shape index (κ1) is 104. The zero-order valence-corrected chi connectivity index (χ0v) is 77.8. The number of carbonyl (C=O) groups is 3. The van der Waals surface area contributed by atoms with Crippen molar-refractivity contribution in [3.63, 3.8) is 0 Å². The van der Waals surface area contributed by atoms with Crippen LogP contribution in [0, 0.1) is 65.0 Å². The van der Waals surface area contributed by atoms with Gasteiger partial charge in [-0.25, -0.2) is 0 Å². The van der Waals surface area contributed by atoms with E-state index in [1.54, 1.807) is 41.5 Å². The van der Waals surface area contributed by atoms with Gasteiger partial charge in [0.2, 0.25) is 0 Å². The second-order valence-corrected chi connectivity index (χ2v) is 44.3. The molecule has 0 aromatic carbocycles. The highest BCUT2D eigenvalue weighted by Crippen LogP contribution is 2.46. The molecule has 0 fully saturated rings. The number of carboxylic acid groups (broad SMARTS) is 3. The fourth-order valence-corrected chi connectivity index (χ4v) is 17.8. The Labute approximate surface area is 709 Å². The Morgan fingerprint density at radius 3 is 0.470 bits per heavy atom. The Balaban J connectivity index is 0.000000369. The van der Waals surface area contributed by atoms with Gasteiger partial charge in [-0.3, -0.25) is 14.4 Å². The van der Waals surface area contributed by atoms with Crippen molar-refractivity contribution in [3.05, 3.63) is 140 Å². The van der Waals surface area contributed by atoms with E-state index in [-0.39, 0.29) is 68.6 Å². The molecule has 0 bridgehead atoms. The molecule has 0 radical (unpaired) electrons. The van der Waals surface area contributed by atoms with Gasteiger partial charge in [0.15, 0.2) is 0 Å². The molecule has 117 heavy (non-hydrogen) atoms. The average Bonchev–Trinajstić information content (AvgIpc) is 0.808. The summed E-state index contributed by atoms with van der Waals surface area (Å²) in [7, 11) is 0. The van der Waals surface area contributed by atoms with Crippen LogP contribution in [0.5, 0.6) is 0 Å². The van der Waals surface area contributed by atoms with Crippen LogP contribution in [0.15, 0.2) is 140 Å². The molecule has 0 aromatic heterocycles. The molecule has 6 aliphatic carbocycles. The van der Waals surface area contributed by atoms with Gasteiger partial charge in [-0.1, -0.05) is 236 Å². The summed E-state index contributed by atoms with van der Waals surface area (Å²) in [6.07, 6.45) is 47.5. The molecule has 6 atom stereocenters. The lowest BCUT2D eigenvalue weighted by Gasteiger charge is -2.33. The molecule has 666 valence electrons. The predicted molar refractivity (Wildman–Crippen MR) is 481 cm³/mol. The third-order valence-electron chi connectivity index (χ3n) is 25.3. The highest BCUT2D eigenvalue weighted by atomic mass is 16.4. The van der Waals surface area contributed by atoms with Crippen molar-refractivity contribution in [2.75, 3.05) is 19.8 Å². The molecule has 0 aromatic rings. The summed E-state index contributed by atoms with van der Waals surface area (Å²) in [5, 5.41) is 124. The number of aliphatic hydroxyl groups excluding tert-OH is 9. The van der Waals surface area contributed by atoms with E-state index < -0.39 is 70.8 Å². The topological polar surface area (TPSA) is 294 Å². The minimum absolute atomic E-state index is 0.0461. The van der Waals surface area contributed by atoms with Crippen molar-refractivity contribution >= 4 is 17.9 Å². The molecule has 6 rings (SSSR count). The predicted octanol–water partition coefficient (Wildman–Crippen LogP) is 22.6. The first-order chi connectivity index (χ1) is 53.6. The summed E-state index contributed by atoms with van der Waals surface area (Å²) < 4.78 is 0. The number of carboxylic acids is 3. The number of allylic oxidation sites excluding steroid dienone is 12. The molecule has 0 amide bonds. The van der Waals surface area contributed by atoms with E-state index in [1.807, 2.05) is 0 Å². The summed E-state index contributed by atoms with van der Waals surface area (Å²) in [4.78, 5) is 34.2. The average molecular weight is 1630 g/mol. The van der Waals surface area contributed by atoms with E-state index in [2.05, 4.69) is 198 Å². The molecule has 6 aliphatic rings. The first-order valence-electron chi connectivity index (χ1n) is 44.8. The van der Waals surface area contributed by atoms with Crippen molar-refractivity contribution in [2.45, 2.75) is 395 Å². The summed E-state index contributed by atoms with van der Waals surface area (Å²) in [6.45, 7) is 49.7. The number of unbranched alkanes of at least 4 members (excludes halogenated alkanes) is 6. The fourth-order valence-electron chi connectivity index (χ4n) is 17.8. The van der Waals surface area contributed by atoms with E-state index in [0.29, 0.717) is 44.9 Å². The van der Waals surface area contributed by atoms with Gasteiger partial charge in [-0.15, -0.1) is 0 Å². The normalized spacial score (nSPS) is 23.1. The number of rotatable bonds is 45. The Bertz CT molecular complexity index is 3510. The monoisotopic (exact) mass is 1630 g/mol. The van der Waals surface area contributed by atoms with Crippen LogP contribution in [0.3, 0.4) is 0 Å². The zero-order valence-electron chi connectivity index (χ0n) is 77.8. The van der Waals surface area contributed by atoms with E-state index in [4.69, 9.17) is 0 Å². The molecule has 15 nitrogen and oxygen atoms in total. The van der Waals surface area contributed by atoms with Gasteiger partial charge in [0.1, 0.15) is 0 Å². The molecule has 12 N–H and O–H groups in total.